The van der Waals surface area contributed by atoms with Crippen molar-refractivity contribution in [2.45, 2.75) is 6.42 Å². The second-order valence-electron chi connectivity index (χ2n) is 5.13. The van der Waals surface area contributed by atoms with Crippen molar-refractivity contribution in [3.05, 3.63) is 75.9 Å². The third-order valence-corrected chi connectivity index (χ3v) is 3.47. The van der Waals surface area contributed by atoms with Crippen molar-refractivity contribution in [1.29, 1.82) is 0 Å². The highest BCUT2D eigenvalue weighted by Gasteiger charge is 2.05. The summed E-state index contributed by atoms with van der Waals surface area (Å²) in [5, 5.41) is 10.1. The van der Waals surface area contributed by atoms with E-state index in [0.29, 0.717) is 17.5 Å². The maximum atomic E-state index is 12.0. The largest absolute Gasteiger partial charge is 0.512 e. The number of allylic oxidation sites excluding steroid dienone is 1. The van der Waals surface area contributed by atoms with Crippen LogP contribution in [0.15, 0.2) is 59.1 Å². The lowest BCUT2D eigenvalue weighted by Gasteiger charge is -2.04. The van der Waals surface area contributed by atoms with E-state index in [2.05, 4.69) is 9.97 Å². The van der Waals surface area contributed by atoms with Crippen molar-refractivity contribution in [3.8, 4) is 5.75 Å². The first-order chi connectivity index (χ1) is 11.2. The number of aromatic nitrogens is 2. The summed E-state index contributed by atoms with van der Waals surface area (Å²) in [4.78, 5) is 19.1. The molecule has 0 saturated heterocycles. The fourth-order valence-electron chi connectivity index (χ4n) is 2.30. The molecule has 3 rings (SSSR count). The minimum Gasteiger partial charge on any atom is -0.512 e. The van der Waals surface area contributed by atoms with Gasteiger partial charge < -0.3 is 14.8 Å². The van der Waals surface area contributed by atoms with Crippen LogP contribution in [0.3, 0.4) is 0 Å². The SMILES string of the molecule is COc1ccc(C/C(O)=C/c2nc3ccccc3[nH]c2=O)cc1. The van der Waals surface area contributed by atoms with Gasteiger partial charge in [0.05, 0.1) is 23.9 Å². The van der Waals surface area contributed by atoms with Crippen molar-refractivity contribution in [3.63, 3.8) is 0 Å². The zero-order chi connectivity index (χ0) is 16.2. The topological polar surface area (TPSA) is 75.2 Å². The number of methoxy groups -OCH3 is 1. The normalized spacial score (nSPS) is 11.6. The molecule has 0 fully saturated rings. The van der Waals surface area contributed by atoms with Gasteiger partial charge in [-0.15, -0.1) is 0 Å². The molecule has 0 spiro atoms. The fraction of sp³-hybridized carbons (Fsp3) is 0.111. The van der Waals surface area contributed by atoms with Crippen LogP contribution in [-0.2, 0) is 6.42 Å². The highest BCUT2D eigenvalue weighted by Crippen LogP contribution is 2.14. The fourth-order valence-corrected chi connectivity index (χ4v) is 2.30. The van der Waals surface area contributed by atoms with Crippen LogP contribution in [0, 0.1) is 0 Å². The summed E-state index contributed by atoms with van der Waals surface area (Å²) in [6.07, 6.45) is 1.72. The lowest BCUT2D eigenvalue weighted by Crippen LogP contribution is -2.12. The first-order valence-electron chi connectivity index (χ1n) is 7.17. The number of hydrogen-bond donors (Lipinski definition) is 2. The van der Waals surface area contributed by atoms with Crippen LogP contribution in [0.2, 0.25) is 0 Å². The molecule has 2 N–H and O–H groups in total. The number of fused-ring (bicyclic) bond motifs is 1. The maximum absolute atomic E-state index is 12.0. The molecule has 1 aromatic heterocycles. The minimum absolute atomic E-state index is 0.0726. The lowest BCUT2D eigenvalue weighted by molar-refractivity contribution is 0.403. The van der Waals surface area contributed by atoms with E-state index in [-0.39, 0.29) is 17.0 Å². The second-order valence-corrected chi connectivity index (χ2v) is 5.13. The van der Waals surface area contributed by atoms with E-state index in [9.17, 15) is 9.90 Å². The molecule has 116 valence electrons. The van der Waals surface area contributed by atoms with E-state index in [1.165, 1.54) is 6.08 Å². The predicted octanol–water partition coefficient (Wildman–Crippen LogP) is 3.07. The Morgan fingerprint density at radius 2 is 1.96 bits per heavy atom. The Labute approximate surface area is 132 Å². The predicted molar refractivity (Wildman–Crippen MR) is 89.7 cm³/mol. The van der Waals surface area contributed by atoms with Crippen LogP contribution in [0.4, 0.5) is 0 Å². The molecule has 0 amide bonds. The van der Waals surface area contributed by atoms with E-state index < -0.39 is 0 Å². The lowest BCUT2D eigenvalue weighted by atomic mass is 10.1. The molecule has 5 heteroatoms. The second kappa shape index (κ2) is 6.36. The van der Waals surface area contributed by atoms with Crippen LogP contribution in [0.25, 0.3) is 17.1 Å². The monoisotopic (exact) mass is 308 g/mol. The Morgan fingerprint density at radius 3 is 2.70 bits per heavy atom. The van der Waals surface area contributed by atoms with Gasteiger partial charge in [0.2, 0.25) is 0 Å². The highest BCUT2D eigenvalue weighted by atomic mass is 16.5. The van der Waals surface area contributed by atoms with Gasteiger partial charge in [-0.3, -0.25) is 4.79 Å². The molecule has 0 radical (unpaired) electrons. The molecule has 0 atom stereocenters. The molecule has 2 aromatic carbocycles. The molecule has 0 bridgehead atoms. The molecule has 5 nitrogen and oxygen atoms in total. The molecule has 23 heavy (non-hydrogen) atoms. The summed E-state index contributed by atoms with van der Waals surface area (Å²) < 4.78 is 5.09. The van der Waals surface area contributed by atoms with Gasteiger partial charge in [0.25, 0.3) is 5.56 Å². The Hall–Kier alpha value is -3.08. The number of nitrogens with one attached hydrogen (secondary N) is 1. The van der Waals surface area contributed by atoms with Gasteiger partial charge >= 0.3 is 0 Å². The van der Waals surface area contributed by atoms with Crippen molar-refractivity contribution in [1.82, 2.24) is 9.97 Å². The van der Waals surface area contributed by atoms with Crippen LogP contribution in [-0.4, -0.2) is 22.2 Å². The smallest absolute Gasteiger partial charge is 0.274 e. The number of hydrogen-bond acceptors (Lipinski definition) is 4. The minimum atomic E-state index is -0.329. The van der Waals surface area contributed by atoms with Gasteiger partial charge in [0.1, 0.15) is 11.4 Å². The summed E-state index contributed by atoms with van der Waals surface area (Å²) in [6, 6.07) is 14.6. The average molecular weight is 308 g/mol. The van der Waals surface area contributed by atoms with Gasteiger partial charge in [-0.2, -0.15) is 0 Å². The highest BCUT2D eigenvalue weighted by molar-refractivity contribution is 5.74. The number of para-hydroxylation sites is 2. The zero-order valence-electron chi connectivity index (χ0n) is 12.6. The van der Waals surface area contributed by atoms with Crippen molar-refractivity contribution in [2.75, 3.05) is 7.11 Å². The van der Waals surface area contributed by atoms with Gasteiger partial charge in [0, 0.05) is 12.5 Å². The molecular weight excluding hydrogens is 292 g/mol. The van der Waals surface area contributed by atoms with Crippen LogP contribution >= 0.6 is 0 Å². The summed E-state index contributed by atoms with van der Waals surface area (Å²) in [7, 11) is 1.60. The number of ether oxygens (including phenoxy) is 1. The van der Waals surface area contributed by atoms with Gasteiger partial charge in [-0.25, -0.2) is 4.98 Å². The number of rotatable bonds is 4. The molecule has 1 heterocycles. The van der Waals surface area contributed by atoms with Crippen LogP contribution < -0.4 is 10.3 Å². The van der Waals surface area contributed by atoms with Crippen molar-refractivity contribution < 1.29 is 9.84 Å². The summed E-state index contributed by atoms with van der Waals surface area (Å²) >= 11 is 0. The van der Waals surface area contributed by atoms with Crippen LogP contribution in [0.5, 0.6) is 5.75 Å². The molecular formula is C18H16N2O3. The van der Waals surface area contributed by atoms with Gasteiger partial charge in [-0.05, 0) is 29.8 Å². The summed E-state index contributed by atoms with van der Waals surface area (Å²) in [5.41, 5.74) is 2.12. The van der Waals surface area contributed by atoms with E-state index in [1.807, 2.05) is 42.5 Å². The summed E-state index contributed by atoms with van der Waals surface area (Å²) in [5.74, 6) is 0.827. The van der Waals surface area contributed by atoms with Crippen molar-refractivity contribution in [2.24, 2.45) is 0 Å². The number of benzene rings is 2. The number of aliphatic hydroxyl groups excluding tert-OH is 1. The summed E-state index contributed by atoms with van der Waals surface area (Å²) in [6.45, 7) is 0. The van der Waals surface area contributed by atoms with E-state index in [0.717, 1.165) is 11.3 Å². The standard InChI is InChI=1S/C18H16N2O3/c1-23-14-8-6-12(7-9-14)10-13(21)11-17-18(22)20-16-5-3-2-4-15(16)19-17/h2-9,11,21H,10H2,1H3,(H,20,22)/b13-11-. The Kier molecular flexibility index (Phi) is 4.10. The molecule has 0 aliphatic carbocycles. The maximum Gasteiger partial charge on any atom is 0.274 e. The zero-order valence-corrected chi connectivity index (χ0v) is 12.6. The number of aromatic amines is 1. The molecule has 0 aliphatic heterocycles. The van der Waals surface area contributed by atoms with E-state index in [1.54, 1.807) is 13.2 Å². The van der Waals surface area contributed by atoms with E-state index >= 15 is 0 Å². The Morgan fingerprint density at radius 1 is 1.22 bits per heavy atom. The average Bonchev–Trinajstić information content (AvgIpc) is 2.56. The Bertz CT molecular complexity index is 911. The Balaban J connectivity index is 1.87. The first-order valence-corrected chi connectivity index (χ1v) is 7.17. The quantitative estimate of drug-likeness (QED) is 0.726. The molecule has 0 saturated carbocycles. The van der Waals surface area contributed by atoms with Crippen molar-refractivity contribution >= 4 is 17.1 Å². The molecule has 0 aliphatic rings. The third kappa shape index (κ3) is 3.40. The molecule has 3 aromatic rings. The number of nitrogens with zero attached hydrogens (tertiary/aromatic N) is 1. The third-order valence-electron chi connectivity index (χ3n) is 3.47. The molecule has 0 unspecified atom stereocenters. The van der Waals surface area contributed by atoms with Gasteiger partial charge in [-0.1, -0.05) is 24.3 Å². The van der Waals surface area contributed by atoms with E-state index in [4.69, 9.17) is 4.74 Å². The van der Waals surface area contributed by atoms with Gasteiger partial charge in [0.15, 0.2) is 0 Å². The number of aliphatic hydroxyl groups is 1. The van der Waals surface area contributed by atoms with Crippen LogP contribution in [0.1, 0.15) is 11.3 Å². The first kappa shape index (κ1) is 14.8. The number of H-pyrrole nitrogens is 1.